The highest BCUT2D eigenvalue weighted by atomic mass is 32.2. The molecule has 1 aromatic carbocycles. The molecule has 2 rings (SSSR count). The first-order valence-corrected chi connectivity index (χ1v) is 6.71. The monoisotopic (exact) mass is 261 g/mol. The Morgan fingerprint density at radius 1 is 1.28 bits per heavy atom. The smallest absolute Gasteiger partial charge is 0.142 e. The Bertz CT molecular complexity index is 546. The average molecular weight is 261 g/mol. The van der Waals surface area contributed by atoms with Crippen molar-refractivity contribution in [3.8, 4) is 11.1 Å². The van der Waals surface area contributed by atoms with E-state index in [1.165, 1.54) is 0 Å². The summed E-state index contributed by atoms with van der Waals surface area (Å²) in [4.78, 5) is 4.82. The lowest BCUT2D eigenvalue weighted by atomic mass is 10.1. The Hall–Kier alpha value is -1.75. The summed E-state index contributed by atoms with van der Waals surface area (Å²) in [6.45, 7) is 0. The molecule has 0 unspecified atom stereocenters. The van der Waals surface area contributed by atoms with Gasteiger partial charge in [0.15, 0.2) is 0 Å². The fraction of sp³-hybridized carbons (Fsp3) is 0.231. The molecule has 0 spiro atoms. The van der Waals surface area contributed by atoms with E-state index in [1.54, 1.807) is 23.6 Å². The SMILES string of the molecule is CON=C(SC)c1ccc(-c2cnn(C)c2)cc1. The number of nitrogens with zero attached hydrogens (tertiary/aromatic N) is 3. The van der Waals surface area contributed by atoms with Gasteiger partial charge in [-0.15, -0.1) is 11.8 Å². The molecule has 0 aliphatic heterocycles. The summed E-state index contributed by atoms with van der Waals surface area (Å²) in [5, 5.41) is 9.02. The number of thioether (sulfide) groups is 1. The van der Waals surface area contributed by atoms with Crippen LogP contribution in [0.5, 0.6) is 0 Å². The third-order valence-electron chi connectivity index (χ3n) is 2.54. The van der Waals surface area contributed by atoms with E-state index >= 15 is 0 Å². The summed E-state index contributed by atoms with van der Waals surface area (Å²) >= 11 is 1.56. The zero-order valence-corrected chi connectivity index (χ0v) is 11.4. The van der Waals surface area contributed by atoms with Gasteiger partial charge < -0.3 is 4.84 Å². The Morgan fingerprint density at radius 3 is 2.50 bits per heavy atom. The van der Waals surface area contributed by atoms with Crippen molar-refractivity contribution in [2.24, 2.45) is 12.2 Å². The van der Waals surface area contributed by atoms with Crippen LogP contribution in [0.1, 0.15) is 5.56 Å². The predicted molar refractivity (Wildman–Crippen MR) is 75.7 cm³/mol. The van der Waals surface area contributed by atoms with E-state index < -0.39 is 0 Å². The van der Waals surface area contributed by atoms with Gasteiger partial charge in [-0.2, -0.15) is 5.10 Å². The number of aromatic nitrogens is 2. The highest BCUT2D eigenvalue weighted by Crippen LogP contribution is 2.20. The predicted octanol–water partition coefficient (Wildman–Crippen LogP) is 2.76. The van der Waals surface area contributed by atoms with Gasteiger partial charge in [-0.05, 0) is 11.8 Å². The minimum Gasteiger partial charge on any atom is -0.398 e. The second-order valence-corrected chi connectivity index (χ2v) is 4.56. The molecule has 0 aliphatic carbocycles. The molecule has 1 aromatic heterocycles. The Kier molecular flexibility index (Phi) is 4.04. The van der Waals surface area contributed by atoms with E-state index in [0.29, 0.717) is 0 Å². The zero-order chi connectivity index (χ0) is 13.0. The molecule has 1 heterocycles. The molecule has 94 valence electrons. The van der Waals surface area contributed by atoms with Crippen LogP contribution in [0.15, 0.2) is 41.8 Å². The molecule has 0 amide bonds. The van der Waals surface area contributed by atoms with Crippen LogP contribution in [0.4, 0.5) is 0 Å². The highest BCUT2D eigenvalue weighted by Gasteiger charge is 2.04. The molecule has 0 N–H and O–H groups in total. The second-order valence-electron chi connectivity index (χ2n) is 3.76. The van der Waals surface area contributed by atoms with Gasteiger partial charge in [0.25, 0.3) is 0 Å². The van der Waals surface area contributed by atoms with Gasteiger partial charge in [-0.1, -0.05) is 29.4 Å². The zero-order valence-electron chi connectivity index (χ0n) is 10.6. The fourth-order valence-electron chi connectivity index (χ4n) is 1.67. The lowest BCUT2D eigenvalue weighted by Crippen LogP contribution is -1.95. The molecule has 4 nitrogen and oxygen atoms in total. The van der Waals surface area contributed by atoms with Gasteiger partial charge in [0.1, 0.15) is 12.2 Å². The van der Waals surface area contributed by atoms with E-state index in [9.17, 15) is 0 Å². The normalized spacial score (nSPS) is 11.6. The average Bonchev–Trinajstić information content (AvgIpc) is 2.83. The third-order valence-corrected chi connectivity index (χ3v) is 3.23. The highest BCUT2D eigenvalue weighted by molar-refractivity contribution is 8.13. The molecular weight excluding hydrogens is 246 g/mol. The Balaban J connectivity index is 2.27. The van der Waals surface area contributed by atoms with Gasteiger partial charge in [0.05, 0.1) is 6.20 Å². The number of hydrogen-bond acceptors (Lipinski definition) is 4. The maximum Gasteiger partial charge on any atom is 0.142 e. The van der Waals surface area contributed by atoms with Crippen molar-refractivity contribution >= 4 is 16.8 Å². The van der Waals surface area contributed by atoms with Gasteiger partial charge in [0.2, 0.25) is 0 Å². The first-order chi connectivity index (χ1) is 8.74. The van der Waals surface area contributed by atoms with Crippen LogP contribution in [-0.2, 0) is 11.9 Å². The van der Waals surface area contributed by atoms with Crippen molar-refractivity contribution in [3.05, 3.63) is 42.2 Å². The summed E-state index contributed by atoms with van der Waals surface area (Å²) in [6, 6.07) is 8.20. The summed E-state index contributed by atoms with van der Waals surface area (Å²) < 4.78 is 1.79. The van der Waals surface area contributed by atoms with Gasteiger partial charge in [0, 0.05) is 24.4 Å². The van der Waals surface area contributed by atoms with Crippen LogP contribution in [0, 0.1) is 0 Å². The molecule has 0 aliphatic rings. The lowest BCUT2D eigenvalue weighted by Gasteiger charge is -2.03. The summed E-state index contributed by atoms with van der Waals surface area (Å²) in [5.74, 6) is 0. The van der Waals surface area contributed by atoms with Crippen LogP contribution >= 0.6 is 11.8 Å². The number of oxime groups is 1. The summed E-state index contributed by atoms with van der Waals surface area (Å²) in [5.41, 5.74) is 3.31. The van der Waals surface area contributed by atoms with Crippen molar-refractivity contribution in [2.45, 2.75) is 0 Å². The van der Waals surface area contributed by atoms with E-state index in [2.05, 4.69) is 22.4 Å². The number of aryl methyl sites for hydroxylation is 1. The molecule has 0 fully saturated rings. The van der Waals surface area contributed by atoms with Crippen molar-refractivity contribution in [2.75, 3.05) is 13.4 Å². The third kappa shape index (κ3) is 2.73. The molecule has 5 heteroatoms. The standard InChI is InChI=1S/C13H15N3OS/c1-16-9-12(8-14-16)10-4-6-11(7-5-10)13(18-3)15-17-2/h4-9H,1-3H3. The van der Waals surface area contributed by atoms with E-state index in [0.717, 1.165) is 21.7 Å². The number of benzene rings is 1. The quantitative estimate of drug-likeness (QED) is 0.484. The summed E-state index contributed by atoms with van der Waals surface area (Å²) in [6.07, 6.45) is 5.83. The number of hydrogen-bond donors (Lipinski definition) is 0. The molecular formula is C13H15N3OS. The first-order valence-electron chi connectivity index (χ1n) is 5.49. The molecule has 2 aromatic rings. The van der Waals surface area contributed by atoms with Crippen LogP contribution < -0.4 is 0 Å². The second kappa shape index (κ2) is 5.73. The van der Waals surface area contributed by atoms with Crippen molar-refractivity contribution in [1.82, 2.24) is 9.78 Å². The fourth-order valence-corrected chi connectivity index (χ4v) is 2.19. The first kappa shape index (κ1) is 12.7. The van der Waals surface area contributed by atoms with E-state index in [1.807, 2.05) is 37.8 Å². The van der Waals surface area contributed by atoms with Crippen LogP contribution in [-0.4, -0.2) is 28.2 Å². The lowest BCUT2D eigenvalue weighted by molar-refractivity contribution is 0.215. The maximum absolute atomic E-state index is 4.82. The molecule has 18 heavy (non-hydrogen) atoms. The maximum atomic E-state index is 4.82. The molecule has 0 saturated heterocycles. The minimum atomic E-state index is 0.871. The van der Waals surface area contributed by atoms with Crippen LogP contribution in [0.25, 0.3) is 11.1 Å². The minimum absolute atomic E-state index is 0.871. The van der Waals surface area contributed by atoms with Crippen molar-refractivity contribution in [1.29, 1.82) is 0 Å². The molecule has 0 atom stereocenters. The molecule has 0 radical (unpaired) electrons. The van der Waals surface area contributed by atoms with Gasteiger partial charge in [-0.3, -0.25) is 4.68 Å². The Morgan fingerprint density at radius 2 is 2.00 bits per heavy atom. The van der Waals surface area contributed by atoms with Crippen LogP contribution in [0.3, 0.4) is 0 Å². The van der Waals surface area contributed by atoms with Gasteiger partial charge >= 0.3 is 0 Å². The van der Waals surface area contributed by atoms with E-state index in [-0.39, 0.29) is 0 Å². The topological polar surface area (TPSA) is 39.4 Å². The Labute approximate surface area is 111 Å². The largest absolute Gasteiger partial charge is 0.398 e. The van der Waals surface area contributed by atoms with Crippen molar-refractivity contribution < 1.29 is 4.84 Å². The summed E-state index contributed by atoms with van der Waals surface area (Å²) in [7, 11) is 3.47. The van der Waals surface area contributed by atoms with E-state index in [4.69, 9.17) is 4.84 Å². The number of rotatable bonds is 3. The molecule has 0 bridgehead atoms. The van der Waals surface area contributed by atoms with Crippen LogP contribution in [0.2, 0.25) is 0 Å². The van der Waals surface area contributed by atoms with Gasteiger partial charge in [-0.25, -0.2) is 0 Å². The molecule has 0 saturated carbocycles. The van der Waals surface area contributed by atoms with Crippen molar-refractivity contribution in [3.63, 3.8) is 0 Å².